The largest absolute Gasteiger partial charge is 0.467 e. The number of carbonyl (C=O) groups excluding carboxylic acids is 2. The lowest BCUT2D eigenvalue weighted by Gasteiger charge is -2.21. The highest BCUT2D eigenvalue weighted by atomic mass is 16.5. The fraction of sp³-hybridized carbons (Fsp3) is 0.400. The van der Waals surface area contributed by atoms with Gasteiger partial charge in [-0.15, -0.1) is 0 Å². The van der Waals surface area contributed by atoms with Crippen molar-refractivity contribution in [2.24, 2.45) is 5.92 Å². The average molecular weight is 274 g/mol. The average Bonchev–Trinajstić information content (AvgIpc) is 2.50. The molecule has 0 aromatic heterocycles. The number of methoxy groups -OCH3 is 1. The summed E-state index contributed by atoms with van der Waals surface area (Å²) in [7, 11) is 1.30. The van der Waals surface area contributed by atoms with E-state index in [1.807, 2.05) is 19.9 Å². The molecule has 0 aliphatic heterocycles. The van der Waals surface area contributed by atoms with Gasteiger partial charge in [-0.25, -0.2) is 4.79 Å². The van der Waals surface area contributed by atoms with E-state index in [4.69, 9.17) is 10.00 Å². The van der Waals surface area contributed by atoms with Gasteiger partial charge in [-0.05, 0) is 30.2 Å². The Bertz CT molecular complexity index is 517. The maximum absolute atomic E-state index is 12.1. The molecule has 0 fully saturated rings. The van der Waals surface area contributed by atoms with Crippen LogP contribution in [-0.2, 0) is 9.53 Å². The summed E-state index contributed by atoms with van der Waals surface area (Å²) in [5.74, 6) is -0.837. The van der Waals surface area contributed by atoms with Gasteiger partial charge in [0.25, 0.3) is 5.91 Å². The van der Waals surface area contributed by atoms with Gasteiger partial charge in [-0.1, -0.05) is 20.3 Å². The second-order valence-electron chi connectivity index (χ2n) is 4.55. The number of esters is 1. The predicted octanol–water partition coefficient (Wildman–Crippen LogP) is 1.88. The van der Waals surface area contributed by atoms with Crippen LogP contribution in [0.5, 0.6) is 0 Å². The lowest BCUT2D eigenvalue weighted by Crippen LogP contribution is -2.45. The molecule has 1 rings (SSSR count). The zero-order valence-corrected chi connectivity index (χ0v) is 11.8. The number of hydrogen-bond acceptors (Lipinski definition) is 4. The first-order chi connectivity index (χ1) is 9.53. The highest BCUT2D eigenvalue weighted by molar-refractivity contribution is 5.96. The highest BCUT2D eigenvalue weighted by Crippen LogP contribution is 2.11. The van der Waals surface area contributed by atoms with Crippen LogP contribution >= 0.6 is 0 Å². The molecule has 0 spiro atoms. The summed E-state index contributed by atoms with van der Waals surface area (Å²) in [5.41, 5.74) is 0.884. The number of amides is 1. The lowest BCUT2D eigenvalue weighted by atomic mass is 9.98. The van der Waals surface area contributed by atoms with Gasteiger partial charge < -0.3 is 10.1 Å². The summed E-state index contributed by atoms with van der Waals surface area (Å²) < 4.78 is 4.71. The van der Waals surface area contributed by atoms with Gasteiger partial charge in [0, 0.05) is 5.56 Å². The van der Waals surface area contributed by atoms with E-state index < -0.39 is 12.0 Å². The molecular formula is C15H18N2O3. The van der Waals surface area contributed by atoms with Crippen molar-refractivity contribution >= 4 is 11.9 Å². The highest BCUT2D eigenvalue weighted by Gasteiger charge is 2.26. The number of ether oxygens (including phenoxy) is 1. The molecule has 0 aliphatic rings. The van der Waals surface area contributed by atoms with Crippen LogP contribution in [0, 0.1) is 17.2 Å². The summed E-state index contributed by atoms with van der Waals surface area (Å²) in [5, 5.41) is 11.4. The van der Waals surface area contributed by atoms with Crippen LogP contribution in [0.25, 0.3) is 0 Å². The van der Waals surface area contributed by atoms with Crippen LogP contribution in [-0.4, -0.2) is 25.0 Å². The van der Waals surface area contributed by atoms with Crippen molar-refractivity contribution in [3.8, 4) is 6.07 Å². The Labute approximate surface area is 118 Å². The van der Waals surface area contributed by atoms with Gasteiger partial charge in [-0.2, -0.15) is 5.26 Å². The molecule has 0 saturated carbocycles. The van der Waals surface area contributed by atoms with Crippen molar-refractivity contribution in [3.63, 3.8) is 0 Å². The van der Waals surface area contributed by atoms with E-state index in [9.17, 15) is 9.59 Å². The van der Waals surface area contributed by atoms with Crippen LogP contribution in [0.2, 0.25) is 0 Å². The maximum Gasteiger partial charge on any atom is 0.328 e. The number of nitriles is 1. The topological polar surface area (TPSA) is 79.2 Å². The predicted molar refractivity (Wildman–Crippen MR) is 73.9 cm³/mol. The smallest absolute Gasteiger partial charge is 0.328 e. The van der Waals surface area contributed by atoms with Gasteiger partial charge >= 0.3 is 5.97 Å². The van der Waals surface area contributed by atoms with Gasteiger partial charge in [0.05, 0.1) is 18.7 Å². The maximum atomic E-state index is 12.1. The Balaban J connectivity index is 2.84. The second-order valence-corrected chi connectivity index (χ2v) is 4.55. The SMILES string of the molecule is CC[C@@H](C)[C@H](NC(=O)c1ccc(C#N)cc1)C(=O)OC. The molecule has 0 radical (unpaired) electrons. The fourth-order valence-electron chi connectivity index (χ4n) is 1.72. The zero-order chi connectivity index (χ0) is 15.1. The molecule has 1 amide bonds. The van der Waals surface area contributed by atoms with Crippen LogP contribution in [0.3, 0.4) is 0 Å². The number of benzene rings is 1. The minimum absolute atomic E-state index is 0.0234. The summed E-state index contributed by atoms with van der Waals surface area (Å²) in [6.07, 6.45) is 0.743. The number of nitrogens with zero attached hydrogens (tertiary/aromatic N) is 1. The van der Waals surface area contributed by atoms with Crippen LogP contribution in [0.15, 0.2) is 24.3 Å². The third kappa shape index (κ3) is 3.82. The van der Waals surface area contributed by atoms with Gasteiger partial charge in [0.15, 0.2) is 0 Å². The molecule has 106 valence electrons. The summed E-state index contributed by atoms with van der Waals surface area (Å²) in [6.45, 7) is 3.81. The minimum atomic E-state index is -0.673. The van der Waals surface area contributed by atoms with Crippen molar-refractivity contribution in [1.82, 2.24) is 5.32 Å². The minimum Gasteiger partial charge on any atom is -0.467 e. The quantitative estimate of drug-likeness (QED) is 0.831. The first-order valence-corrected chi connectivity index (χ1v) is 6.42. The molecule has 0 heterocycles. The number of hydrogen-bond donors (Lipinski definition) is 1. The van der Waals surface area contributed by atoms with Gasteiger partial charge in [0.1, 0.15) is 6.04 Å². The molecule has 20 heavy (non-hydrogen) atoms. The molecule has 0 unspecified atom stereocenters. The van der Waals surface area contributed by atoms with E-state index in [1.165, 1.54) is 7.11 Å². The Kier molecular flexibility index (Phi) is 5.73. The van der Waals surface area contributed by atoms with E-state index in [2.05, 4.69) is 5.32 Å². The normalized spacial score (nSPS) is 12.9. The first-order valence-electron chi connectivity index (χ1n) is 6.42. The molecule has 0 saturated heterocycles. The van der Waals surface area contributed by atoms with Crippen LogP contribution < -0.4 is 5.32 Å². The van der Waals surface area contributed by atoms with Gasteiger partial charge in [0.2, 0.25) is 0 Å². The molecule has 1 aromatic rings. The molecule has 0 bridgehead atoms. The van der Waals surface area contributed by atoms with Crippen LogP contribution in [0.1, 0.15) is 36.2 Å². The standard InChI is InChI=1S/C15H18N2O3/c1-4-10(2)13(15(19)20-3)17-14(18)12-7-5-11(9-16)6-8-12/h5-8,10,13H,4H2,1-3H3,(H,17,18)/t10-,13+/m1/s1. The number of nitrogens with one attached hydrogen (secondary N) is 1. The van der Waals surface area contributed by atoms with Crippen molar-refractivity contribution in [2.75, 3.05) is 7.11 Å². The van der Waals surface area contributed by atoms with Crippen LogP contribution in [0.4, 0.5) is 0 Å². The van der Waals surface area contributed by atoms with E-state index in [1.54, 1.807) is 24.3 Å². The van der Waals surface area contributed by atoms with E-state index in [0.717, 1.165) is 6.42 Å². The third-order valence-electron chi connectivity index (χ3n) is 3.23. The molecule has 5 heteroatoms. The van der Waals surface area contributed by atoms with Crippen molar-refractivity contribution in [1.29, 1.82) is 5.26 Å². The zero-order valence-electron chi connectivity index (χ0n) is 11.8. The monoisotopic (exact) mass is 274 g/mol. The Morgan fingerprint density at radius 3 is 2.40 bits per heavy atom. The molecule has 1 aromatic carbocycles. The van der Waals surface area contributed by atoms with Crippen molar-refractivity contribution in [3.05, 3.63) is 35.4 Å². The van der Waals surface area contributed by atoms with Crippen molar-refractivity contribution in [2.45, 2.75) is 26.3 Å². The molecule has 5 nitrogen and oxygen atoms in total. The Morgan fingerprint density at radius 2 is 1.95 bits per heavy atom. The molecule has 1 N–H and O–H groups in total. The van der Waals surface area contributed by atoms with E-state index in [-0.39, 0.29) is 11.8 Å². The van der Waals surface area contributed by atoms with Gasteiger partial charge in [-0.3, -0.25) is 4.79 Å². The lowest BCUT2D eigenvalue weighted by molar-refractivity contribution is -0.144. The molecule has 2 atom stereocenters. The number of carbonyl (C=O) groups is 2. The van der Waals surface area contributed by atoms with E-state index in [0.29, 0.717) is 11.1 Å². The fourth-order valence-corrected chi connectivity index (χ4v) is 1.72. The number of rotatable bonds is 5. The second kappa shape index (κ2) is 7.29. The Morgan fingerprint density at radius 1 is 1.35 bits per heavy atom. The van der Waals surface area contributed by atoms with Crippen molar-refractivity contribution < 1.29 is 14.3 Å². The first kappa shape index (κ1) is 15.7. The molecular weight excluding hydrogens is 256 g/mol. The summed E-state index contributed by atoms with van der Waals surface area (Å²) in [6, 6.07) is 7.54. The summed E-state index contributed by atoms with van der Waals surface area (Å²) >= 11 is 0. The summed E-state index contributed by atoms with van der Waals surface area (Å²) in [4.78, 5) is 23.8. The Hall–Kier alpha value is -2.35. The third-order valence-corrected chi connectivity index (χ3v) is 3.23. The van der Waals surface area contributed by atoms with E-state index >= 15 is 0 Å². The molecule has 0 aliphatic carbocycles.